The molecule has 25 heavy (non-hydrogen) atoms. The van der Waals surface area contributed by atoms with E-state index >= 15 is 0 Å². The van der Waals surface area contributed by atoms with Gasteiger partial charge in [-0.05, 0) is 44.0 Å². The molecule has 0 aromatic carbocycles. The molecule has 0 radical (unpaired) electrons. The van der Waals surface area contributed by atoms with Gasteiger partial charge in [0.15, 0.2) is 0 Å². The highest BCUT2D eigenvalue weighted by Gasteiger charge is 2.48. The number of aryl methyl sites for hydroxylation is 2. The maximum Gasteiger partial charge on any atom is 0.0896 e. The topological polar surface area (TPSA) is 0 Å². The van der Waals surface area contributed by atoms with E-state index in [1.807, 2.05) is 22.7 Å². The lowest BCUT2D eigenvalue weighted by Crippen LogP contribution is -3.00. The van der Waals surface area contributed by atoms with Crippen molar-refractivity contribution in [2.45, 2.75) is 51.6 Å². The predicted octanol–water partition coefficient (Wildman–Crippen LogP) is 2.88. The van der Waals surface area contributed by atoms with E-state index in [4.69, 9.17) is 0 Å². The summed E-state index contributed by atoms with van der Waals surface area (Å²) in [4.78, 5) is 5.71. The van der Waals surface area contributed by atoms with Crippen LogP contribution in [0.15, 0.2) is 30.3 Å². The zero-order valence-corrected chi connectivity index (χ0v) is 18.8. The van der Waals surface area contributed by atoms with E-state index in [1.165, 1.54) is 55.2 Å². The largest absolute Gasteiger partial charge is 1.00 e. The van der Waals surface area contributed by atoms with Gasteiger partial charge in [0.25, 0.3) is 0 Å². The van der Waals surface area contributed by atoms with Gasteiger partial charge in [-0.2, -0.15) is 0 Å². The van der Waals surface area contributed by atoms with Gasteiger partial charge >= 0.3 is 0 Å². The Balaban J connectivity index is 0.00000182. The van der Waals surface area contributed by atoms with E-state index in [9.17, 15) is 0 Å². The molecule has 2 bridgehead atoms. The molecule has 0 amide bonds. The monoisotopic (exact) mass is 437 g/mol. The number of rotatable bonds is 3. The van der Waals surface area contributed by atoms with Crippen LogP contribution in [0, 0.1) is 19.8 Å². The Labute approximate surface area is 170 Å². The first-order valence-corrected chi connectivity index (χ1v) is 10.8. The van der Waals surface area contributed by atoms with Gasteiger partial charge in [-0.25, -0.2) is 0 Å². The van der Waals surface area contributed by atoms with Crippen LogP contribution in [-0.2, 0) is 0 Å². The molecule has 0 unspecified atom stereocenters. The molecule has 2 fully saturated rings. The van der Waals surface area contributed by atoms with Crippen molar-refractivity contribution in [3.05, 3.63) is 49.9 Å². The van der Waals surface area contributed by atoms with Crippen molar-refractivity contribution in [2.75, 3.05) is 14.1 Å². The van der Waals surface area contributed by atoms with E-state index in [2.05, 4.69) is 58.3 Å². The van der Waals surface area contributed by atoms with Crippen LogP contribution in [0.4, 0.5) is 0 Å². The third-order valence-electron chi connectivity index (χ3n) is 6.28. The zero-order valence-electron chi connectivity index (χ0n) is 15.6. The Hall–Kier alpha value is -0.420. The Bertz CT molecular complexity index is 712. The maximum atomic E-state index is 2.63. The van der Waals surface area contributed by atoms with E-state index < -0.39 is 0 Å². The molecule has 0 saturated carbocycles. The SMILES string of the molecule is Cc1ccc(C(=CC2C[C@@H]3CC[C@@H](C2)[N+]3(C)C)c2ccc(C)s2)s1.[Br-]. The summed E-state index contributed by atoms with van der Waals surface area (Å²) in [7, 11) is 4.91. The fourth-order valence-electron chi connectivity index (χ4n) is 4.74. The minimum Gasteiger partial charge on any atom is -1.00 e. The highest BCUT2D eigenvalue weighted by molar-refractivity contribution is 7.15. The predicted molar refractivity (Wildman–Crippen MR) is 107 cm³/mol. The van der Waals surface area contributed by atoms with E-state index in [-0.39, 0.29) is 17.0 Å². The average Bonchev–Trinajstić information content (AvgIpc) is 3.15. The quantitative estimate of drug-likeness (QED) is 0.647. The summed E-state index contributed by atoms with van der Waals surface area (Å²) in [6, 6.07) is 10.9. The second-order valence-corrected chi connectivity index (χ2v) is 10.7. The van der Waals surface area contributed by atoms with Crippen LogP contribution in [0.1, 0.15) is 45.2 Å². The summed E-state index contributed by atoms with van der Waals surface area (Å²) < 4.78 is 1.26. The number of quaternary nitrogens is 1. The molecule has 0 N–H and O–H groups in total. The second kappa shape index (κ2) is 7.30. The number of fused-ring (bicyclic) bond motifs is 2. The molecular formula is C21H28BrNS2. The van der Waals surface area contributed by atoms with Crippen molar-refractivity contribution in [1.29, 1.82) is 0 Å². The van der Waals surface area contributed by atoms with Crippen molar-refractivity contribution in [1.82, 2.24) is 0 Å². The molecule has 4 rings (SSSR count). The Morgan fingerprint density at radius 1 is 0.920 bits per heavy atom. The molecule has 0 aliphatic carbocycles. The van der Waals surface area contributed by atoms with Crippen LogP contribution in [0.25, 0.3) is 5.57 Å². The standard InChI is InChI=1S/C21H28NS2.BrH/c1-14-5-9-20(23-14)19(21-10-6-15(2)24-21)13-16-11-17-7-8-18(12-16)22(17,3)4;/h5-6,9-10,13,16-18H,7-8,11-12H2,1-4H3;1H/q+1;/p-1/t17-,18-;/m0./s1. The number of hydrogen-bond donors (Lipinski definition) is 0. The van der Waals surface area contributed by atoms with Crippen LogP contribution >= 0.6 is 22.7 Å². The maximum absolute atomic E-state index is 2.63. The van der Waals surface area contributed by atoms with Crippen molar-refractivity contribution in [3.8, 4) is 0 Å². The number of hydrogen-bond acceptors (Lipinski definition) is 2. The van der Waals surface area contributed by atoms with Gasteiger partial charge in [-0.1, -0.05) is 6.08 Å². The lowest BCUT2D eigenvalue weighted by molar-refractivity contribution is -0.931. The summed E-state index contributed by atoms with van der Waals surface area (Å²) >= 11 is 3.88. The van der Waals surface area contributed by atoms with Crippen molar-refractivity contribution < 1.29 is 21.5 Å². The fourth-order valence-corrected chi connectivity index (χ4v) is 6.62. The summed E-state index contributed by atoms with van der Waals surface area (Å²) in [5.74, 6) is 0.744. The number of allylic oxidation sites excluding steroid dienone is 1. The lowest BCUT2D eigenvalue weighted by Gasteiger charge is -2.43. The molecule has 0 spiro atoms. The van der Waals surface area contributed by atoms with Crippen LogP contribution in [0.5, 0.6) is 0 Å². The van der Waals surface area contributed by atoms with Gasteiger partial charge in [-0.15, -0.1) is 22.7 Å². The zero-order chi connectivity index (χ0) is 16.9. The fraction of sp³-hybridized carbons (Fsp3) is 0.524. The first kappa shape index (κ1) is 19.3. The molecule has 136 valence electrons. The van der Waals surface area contributed by atoms with Crippen LogP contribution in [0.2, 0.25) is 0 Å². The van der Waals surface area contributed by atoms with Gasteiger partial charge in [-0.3, -0.25) is 0 Å². The smallest absolute Gasteiger partial charge is 0.0896 e. The third kappa shape index (κ3) is 3.69. The minimum atomic E-state index is 0. The van der Waals surface area contributed by atoms with Crippen molar-refractivity contribution >= 4 is 28.2 Å². The summed E-state index contributed by atoms with van der Waals surface area (Å²) in [5.41, 5.74) is 1.49. The molecule has 2 aromatic heterocycles. The summed E-state index contributed by atoms with van der Waals surface area (Å²) in [5, 5.41) is 0. The van der Waals surface area contributed by atoms with Crippen LogP contribution in [-0.4, -0.2) is 30.7 Å². The number of halogens is 1. The first-order valence-electron chi connectivity index (χ1n) is 9.12. The second-order valence-electron chi connectivity index (χ2n) is 8.15. The number of nitrogens with zero attached hydrogens (tertiary/aromatic N) is 1. The highest BCUT2D eigenvalue weighted by atomic mass is 79.9. The van der Waals surface area contributed by atoms with E-state index in [1.54, 1.807) is 0 Å². The Morgan fingerprint density at radius 2 is 1.40 bits per heavy atom. The molecule has 2 aliphatic heterocycles. The molecule has 2 aromatic rings. The number of thiophene rings is 2. The molecule has 4 heterocycles. The average molecular weight is 438 g/mol. The van der Waals surface area contributed by atoms with E-state index in [0.717, 1.165) is 18.0 Å². The lowest BCUT2D eigenvalue weighted by atomic mass is 9.87. The molecule has 1 nitrogen and oxygen atoms in total. The van der Waals surface area contributed by atoms with Gasteiger partial charge < -0.3 is 21.5 Å². The Morgan fingerprint density at radius 3 is 1.80 bits per heavy atom. The molecule has 2 aliphatic rings. The summed E-state index contributed by atoms with van der Waals surface area (Å²) in [6.07, 6.45) is 8.20. The molecule has 2 saturated heterocycles. The molecular weight excluding hydrogens is 410 g/mol. The number of piperidine rings is 1. The highest BCUT2D eigenvalue weighted by Crippen LogP contribution is 2.44. The van der Waals surface area contributed by atoms with Crippen LogP contribution in [0.3, 0.4) is 0 Å². The van der Waals surface area contributed by atoms with Gasteiger partial charge in [0.05, 0.1) is 26.2 Å². The van der Waals surface area contributed by atoms with Gasteiger partial charge in [0, 0.05) is 50.8 Å². The molecule has 2 atom stereocenters. The van der Waals surface area contributed by atoms with Crippen molar-refractivity contribution in [3.63, 3.8) is 0 Å². The first-order chi connectivity index (χ1) is 11.4. The normalized spacial score (nSPS) is 27.0. The van der Waals surface area contributed by atoms with E-state index in [0.29, 0.717) is 0 Å². The van der Waals surface area contributed by atoms with Crippen molar-refractivity contribution in [2.24, 2.45) is 5.92 Å². The Kier molecular flexibility index (Phi) is 5.65. The van der Waals surface area contributed by atoms with Crippen LogP contribution < -0.4 is 17.0 Å². The summed E-state index contributed by atoms with van der Waals surface area (Å²) in [6.45, 7) is 4.43. The molecule has 4 heteroatoms. The third-order valence-corrected chi connectivity index (χ3v) is 8.35. The van der Waals surface area contributed by atoms with Gasteiger partial charge in [0.1, 0.15) is 0 Å². The minimum absolute atomic E-state index is 0. The van der Waals surface area contributed by atoms with Gasteiger partial charge in [0.2, 0.25) is 0 Å².